The maximum absolute atomic E-state index is 11.2. The van der Waals surface area contributed by atoms with E-state index in [4.69, 9.17) is 17.3 Å². The van der Waals surface area contributed by atoms with Gasteiger partial charge in [-0.15, -0.1) is 0 Å². The molecule has 1 aromatic rings. The van der Waals surface area contributed by atoms with Gasteiger partial charge < -0.3 is 10.8 Å². The normalized spacial score (nSPS) is 30.5. The Bertz CT molecular complexity index is 534. The Morgan fingerprint density at radius 3 is 3.00 bits per heavy atom. The number of rotatable bonds is 2. The van der Waals surface area contributed by atoms with Crippen molar-refractivity contribution in [1.82, 2.24) is 4.90 Å². The van der Waals surface area contributed by atoms with E-state index in [0.717, 1.165) is 24.4 Å². The average Bonchev–Trinajstić information content (AvgIpc) is 2.93. The summed E-state index contributed by atoms with van der Waals surface area (Å²) in [7, 11) is 0. The second-order valence-electron chi connectivity index (χ2n) is 5.58. The van der Waals surface area contributed by atoms with E-state index in [0.29, 0.717) is 13.0 Å². The summed E-state index contributed by atoms with van der Waals surface area (Å²) in [5.41, 5.74) is 7.41. The number of aliphatic carboxylic acids is 1. The number of hydrogen-bond donors (Lipinski definition) is 2. The van der Waals surface area contributed by atoms with Crippen LogP contribution in [0.25, 0.3) is 0 Å². The topological polar surface area (TPSA) is 66.6 Å². The fourth-order valence-electron chi connectivity index (χ4n) is 3.25. The largest absolute Gasteiger partial charge is 0.480 e. The van der Waals surface area contributed by atoms with Crippen LogP contribution in [0.4, 0.5) is 0 Å². The molecule has 19 heavy (non-hydrogen) atoms. The third kappa shape index (κ3) is 2.14. The van der Waals surface area contributed by atoms with Crippen molar-refractivity contribution >= 4 is 17.6 Å². The summed E-state index contributed by atoms with van der Waals surface area (Å²) in [6, 6.07) is 6.27. The van der Waals surface area contributed by atoms with Crippen LogP contribution < -0.4 is 5.73 Å². The molecule has 0 bridgehead atoms. The van der Waals surface area contributed by atoms with Gasteiger partial charge in [-0.1, -0.05) is 17.7 Å². The van der Waals surface area contributed by atoms with Crippen molar-refractivity contribution in [2.24, 2.45) is 5.73 Å². The minimum atomic E-state index is -1.09. The highest BCUT2D eigenvalue weighted by Crippen LogP contribution is 2.39. The lowest BCUT2D eigenvalue weighted by molar-refractivity contribution is -0.142. The van der Waals surface area contributed by atoms with Crippen LogP contribution >= 0.6 is 11.6 Å². The first-order valence-corrected chi connectivity index (χ1v) is 6.92. The molecule has 2 unspecified atom stereocenters. The molecule has 1 saturated heterocycles. The molecule has 102 valence electrons. The second-order valence-corrected chi connectivity index (χ2v) is 6.02. The molecule has 1 fully saturated rings. The molecule has 0 spiro atoms. The van der Waals surface area contributed by atoms with E-state index in [1.54, 1.807) is 0 Å². The zero-order valence-electron chi connectivity index (χ0n) is 10.6. The van der Waals surface area contributed by atoms with Gasteiger partial charge in [0.25, 0.3) is 0 Å². The molecule has 1 aromatic carbocycles. The maximum Gasteiger partial charge on any atom is 0.325 e. The first kappa shape index (κ1) is 12.9. The highest BCUT2D eigenvalue weighted by Gasteiger charge is 2.44. The van der Waals surface area contributed by atoms with Gasteiger partial charge in [-0.25, -0.2) is 0 Å². The first-order chi connectivity index (χ1) is 8.99. The van der Waals surface area contributed by atoms with Crippen LogP contribution in [-0.2, 0) is 11.2 Å². The fraction of sp³-hybridized carbons (Fsp3) is 0.500. The van der Waals surface area contributed by atoms with Gasteiger partial charge in [0.2, 0.25) is 0 Å². The molecule has 3 N–H and O–H groups in total. The second kappa shape index (κ2) is 4.47. The van der Waals surface area contributed by atoms with Crippen LogP contribution in [0.3, 0.4) is 0 Å². The molecule has 4 nitrogen and oxygen atoms in total. The molecule has 2 aliphatic rings. The summed E-state index contributed by atoms with van der Waals surface area (Å²) in [6.45, 7) is 1.17. The molecule has 5 heteroatoms. The lowest BCUT2D eigenvalue weighted by atomic mass is 10.0. The molecule has 1 heterocycles. The molecule has 0 saturated carbocycles. The van der Waals surface area contributed by atoms with Crippen LogP contribution in [0, 0.1) is 0 Å². The Hall–Kier alpha value is -1.10. The number of nitrogens with zero attached hydrogens (tertiary/aromatic N) is 1. The number of fused-ring (bicyclic) bond motifs is 1. The van der Waals surface area contributed by atoms with Crippen LogP contribution in [0.15, 0.2) is 18.2 Å². The number of likely N-dealkylation sites (tertiary alicyclic amines) is 1. The van der Waals surface area contributed by atoms with Crippen molar-refractivity contribution in [3.8, 4) is 0 Å². The highest BCUT2D eigenvalue weighted by atomic mass is 35.5. The molecule has 1 aliphatic heterocycles. The van der Waals surface area contributed by atoms with Gasteiger partial charge in [-0.05, 0) is 42.5 Å². The van der Waals surface area contributed by atoms with E-state index in [1.807, 2.05) is 12.1 Å². The van der Waals surface area contributed by atoms with Crippen LogP contribution in [0.2, 0.25) is 5.02 Å². The van der Waals surface area contributed by atoms with Gasteiger partial charge in [0, 0.05) is 24.2 Å². The Kier molecular flexibility index (Phi) is 3.04. The molecule has 0 radical (unpaired) electrons. The molecule has 1 aliphatic carbocycles. The molecule has 0 amide bonds. The third-order valence-corrected chi connectivity index (χ3v) is 4.58. The predicted octanol–water partition coefficient (Wildman–Crippen LogP) is 1.82. The minimum Gasteiger partial charge on any atom is -0.480 e. The number of halogens is 1. The zero-order chi connectivity index (χ0) is 13.6. The van der Waals surface area contributed by atoms with Gasteiger partial charge in [-0.2, -0.15) is 0 Å². The average molecular weight is 281 g/mol. The third-order valence-electron chi connectivity index (χ3n) is 4.35. The summed E-state index contributed by atoms with van der Waals surface area (Å²) in [5, 5.41) is 9.96. The standard InChI is InChI=1S/C14H17ClN2O2/c15-10-2-3-11-9(7-10)1-4-12(11)17-6-5-14(16,8-17)13(18)19/h2-3,7,12H,1,4-6,8,16H2,(H,18,19). The Labute approximate surface area is 117 Å². The van der Waals surface area contributed by atoms with Crippen LogP contribution in [0.5, 0.6) is 0 Å². The lowest BCUT2D eigenvalue weighted by Crippen LogP contribution is -2.50. The fourth-order valence-corrected chi connectivity index (χ4v) is 3.44. The Balaban J connectivity index is 1.82. The minimum absolute atomic E-state index is 0.289. The molecular formula is C14H17ClN2O2. The summed E-state index contributed by atoms with van der Waals surface area (Å²) in [4.78, 5) is 13.4. The van der Waals surface area contributed by atoms with Crippen LogP contribution in [0.1, 0.15) is 30.0 Å². The number of hydrogen-bond acceptors (Lipinski definition) is 3. The monoisotopic (exact) mass is 280 g/mol. The predicted molar refractivity (Wildman–Crippen MR) is 73.3 cm³/mol. The van der Waals surface area contributed by atoms with E-state index in [2.05, 4.69) is 11.0 Å². The number of benzene rings is 1. The number of aryl methyl sites for hydroxylation is 1. The van der Waals surface area contributed by atoms with Crippen molar-refractivity contribution in [2.45, 2.75) is 30.8 Å². The molecule has 3 rings (SSSR count). The van der Waals surface area contributed by atoms with Gasteiger partial charge in [0.1, 0.15) is 5.54 Å². The number of nitrogens with two attached hydrogens (primary N) is 1. The quantitative estimate of drug-likeness (QED) is 0.867. The van der Waals surface area contributed by atoms with Crippen molar-refractivity contribution in [1.29, 1.82) is 0 Å². The van der Waals surface area contributed by atoms with Gasteiger partial charge in [0.05, 0.1) is 0 Å². The maximum atomic E-state index is 11.2. The van der Waals surface area contributed by atoms with Crippen LogP contribution in [-0.4, -0.2) is 34.6 Å². The Morgan fingerprint density at radius 1 is 1.53 bits per heavy atom. The van der Waals surface area contributed by atoms with E-state index >= 15 is 0 Å². The van der Waals surface area contributed by atoms with Crippen molar-refractivity contribution in [3.63, 3.8) is 0 Å². The molecule has 0 aromatic heterocycles. The summed E-state index contributed by atoms with van der Waals surface area (Å²) in [6.07, 6.45) is 2.54. The van der Waals surface area contributed by atoms with E-state index < -0.39 is 11.5 Å². The summed E-state index contributed by atoms with van der Waals surface area (Å²) < 4.78 is 0. The zero-order valence-corrected chi connectivity index (χ0v) is 11.4. The summed E-state index contributed by atoms with van der Waals surface area (Å²) in [5.74, 6) is -0.899. The van der Waals surface area contributed by atoms with Crippen molar-refractivity contribution < 1.29 is 9.90 Å². The van der Waals surface area contributed by atoms with Gasteiger partial charge >= 0.3 is 5.97 Å². The SMILES string of the molecule is NC1(C(=O)O)CCN(C2CCc3cc(Cl)ccc32)C1. The molecular weight excluding hydrogens is 264 g/mol. The number of carboxylic acids is 1. The number of carbonyl (C=O) groups is 1. The molecule has 2 atom stereocenters. The van der Waals surface area contributed by atoms with Gasteiger partial charge in [-0.3, -0.25) is 9.69 Å². The summed E-state index contributed by atoms with van der Waals surface area (Å²) >= 11 is 6.01. The number of carboxylic acid groups (broad SMARTS) is 1. The van der Waals surface area contributed by atoms with Crippen molar-refractivity contribution in [2.75, 3.05) is 13.1 Å². The smallest absolute Gasteiger partial charge is 0.325 e. The highest BCUT2D eigenvalue weighted by molar-refractivity contribution is 6.30. The van der Waals surface area contributed by atoms with Crippen molar-refractivity contribution in [3.05, 3.63) is 34.3 Å². The van der Waals surface area contributed by atoms with Gasteiger partial charge in [0.15, 0.2) is 0 Å². The van der Waals surface area contributed by atoms with E-state index in [-0.39, 0.29) is 6.04 Å². The van der Waals surface area contributed by atoms with E-state index in [1.165, 1.54) is 11.1 Å². The van der Waals surface area contributed by atoms with E-state index in [9.17, 15) is 9.90 Å². The lowest BCUT2D eigenvalue weighted by Gasteiger charge is -2.26. The Morgan fingerprint density at radius 2 is 2.32 bits per heavy atom. The first-order valence-electron chi connectivity index (χ1n) is 6.54.